The van der Waals surface area contributed by atoms with Crippen LogP contribution < -0.4 is 5.32 Å². The molecule has 0 aliphatic heterocycles. The van der Waals surface area contributed by atoms with Gasteiger partial charge in [0.2, 0.25) is 0 Å². The summed E-state index contributed by atoms with van der Waals surface area (Å²) in [6.07, 6.45) is -1.21. The molecule has 1 aromatic carbocycles. The lowest BCUT2D eigenvalue weighted by Crippen LogP contribution is -2.30. The van der Waals surface area contributed by atoms with Crippen molar-refractivity contribution in [2.45, 2.75) is 25.9 Å². The van der Waals surface area contributed by atoms with Crippen molar-refractivity contribution in [2.75, 3.05) is 5.32 Å². The summed E-state index contributed by atoms with van der Waals surface area (Å²) >= 11 is 18.7. The summed E-state index contributed by atoms with van der Waals surface area (Å²) in [5.41, 5.74) is 0.316. The van der Waals surface area contributed by atoms with Gasteiger partial charge in [-0.1, -0.05) is 34.8 Å². The van der Waals surface area contributed by atoms with Gasteiger partial charge in [-0.25, -0.2) is 0 Å². The molecule has 0 spiro atoms. The minimum absolute atomic E-state index is 0.0237. The first kappa shape index (κ1) is 20.7. The molecule has 1 unspecified atom stereocenters. The monoisotopic (exact) mass is 433 g/mol. The van der Waals surface area contributed by atoms with Gasteiger partial charge in [-0.15, -0.1) is 11.3 Å². The standard InChI is InChI=1S/C17H14Cl3NO4S/c1-9(17(24)21-12-8-10(18)2-3-11(12)19)25-16(23)7-4-13(22)14-5-6-15(20)26-14/h2-3,5-6,8-9H,4,7H2,1H3,(H,21,24). The van der Waals surface area contributed by atoms with E-state index in [1.165, 1.54) is 13.0 Å². The molecule has 1 N–H and O–H groups in total. The fourth-order valence-electron chi connectivity index (χ4n) is 1.94. The maximum absolute atomic E-state index is 12.1. The molecule has 138 valence electrons. The van der Waals surface area contributed by atoms with E-state index in [1.807, 2.05) is 0 Å². The fraction of sp³-hybridized carbons (Fsp3) is 0.235. The van der Waals surface area contributed by atoms with E-state index in [1.54, 1.807) is 24.3 Å². The number of thiophene rings is 1. The van der Waals surface area contributed by atoms with Crippen molar-refractivity contribution in [3.63, 3.8) is 0 Å². The second-order valence-corrected chi connectivity index (χ2v) is 7.83. The first-order chi connectivity index (χ1) is 12.3. The number of Topliss-reactive ketones (excluding diaryl/α,β-unsaturated/α-hetero) is 1. The van der Waals surface area contributed by atoms with Crippen LogP contribution in [0, 0.1) is 0 Å². The zero-order valence-corrected chi connectivity index (χ0v) is 16.6. The molecule has 1 amide bonds. The Bertz CT molecular complexity index is 837. The molecule has 26 heavy (non-hydrogen) atoms. The van der Waals surface area contributed by atoms with Crippen LogP contribution in [0.25, 0.3) is 0 Å². The highest BCUT2D eigenvalue weighted by Gasteiger charge is 2.20. The highest BCUT2D eigenvalue weighted by Crippen LogP contribution is 2.26. The fourth-order valence-corrected chi connectivity index (χ4v) is 3.29. The number of amides is 1. The van der Waals surface area contributed by atoms with Crippen LogP contribution in [0.5, 0.6) is 0 Å². The van der Waals surface area contributed by atoms with E-state index in [0.29, 0.717) is 24.9 Å². The Morgan fingerprint density at radius 1 is 1.12 bits per heavy atom. The van der Waals surface area contributed by atoms with Gasteiger partial charge in [0, 0.05) is 11.4 Å². The van der Waals surface area contributed by atoms with Crippen LogP contribution >= 0.6 is 46.1 Å². The molecule has 0 aliphatic carbocycles. The summed E-state index contributed by atoms with van der Waals surface area (Å²) in [7, 11) is 0. The van der Waals surface area contributed by atoms with Crippen molar-refractivity contribution in [2.24, 2.45) is 0 Å². The molecule has 2 rings (SSSR count). The molecule has 1 aromatic heterocycles. The summed E-state index contributed by atoms with van der Waals surface area (Å²) in [4.78, 5) is 36.4. The first-order valence-corrected chi connectivity index (χ1v) is 9.45. The molecule has 1 atom stereocenters. The zero-order valence-electron chi connectivity index (χ0n) is 13.6. The Balaban J connectivity index is 1.83. The number of anilines is 1. The summed E-state index contributed by atoms with van der Waals surface area (Å²) in [5, 5.41) is 3.25. The third kappa shape index (κ3) is 5.99. The number of nitrogens with one attached hydrogen (secondary N) is 1. The zero-order chi connectivity index (χ0) is 19.3. The maximum atomic E-state index is 12.1. The van der Waals surface area contributed by atoms with Gasteiger partial charge >= 0.3 is 5.97 Å². The second-order valence-electron chi connectivity index (χ2n) is 5.27. The minimum Gasteiger partial charge on any atom is -0.453 e. The van der Waals surface area contributed by atoms with Crippen molar-refractivity contribution < 1.29 is 19.1 Å². The van der Waals surface area contributed by atoms with E-state index >= 15 is 0 Å². The molecule has 2 aromatic rings. The molecular weight excluding hydrogens is 421 g/mol. The molecule has 1 heterocycles. The van der Waals surface area contributed by atoms with Crippen LogP contribution in [0.15, 0.2) is 30.3 Å². The average molecular weight is 435 g/mol. The highest BCUT2D eigenvalue weighted by molar-refractivity contribution is 7.18. The van der Waals surface area contributed by atoms with Crippen LogP contribution in [-0.2, 0) is 14.3 Å². The van der Waals surface area contributed by atoms with Crippen molar-refractivity contribution in [1.82, 2.24) is 0 Å². The molecular formula is C17H14Cl3NO4S. The van der Waals surface area contributed by atoms with Gasteiger partial charge in [0.05, 0.1) is 26.3 Å². The Labute approximate surface area is 169 Å². The molecule has 0 aliphatic rings. The highest BCUT2D eigenvalue weighted by atomic mass is 35.5. The lowest BCUT2D eigenvalue weighted by atomic mass is 10.2. The van der Waals surface area contributed by atoms with E-state index < -0.39 is 18.0 Å². The Hall–Kier alpha value is -1.60. The van der Waals surface area contributed by atoms with Gasteiger partial charge in [-0.05, 0) is 37.3 Å². The van der Waals surface area contributed by atoms with Crippen LogP contribution in [0.3, 0.4) is 0 Å². The topological polar surface area (TPSA) is 72.5 Å². The van der Waals surface area contributed by atoms with Gasteiger partial charge < -0.3 is 10.1 Å². The van der Waals surface area contributed by atoms with E-state index in [-0.39, 0.29) is 18.6 Å². The van der Waals surface area contributed by atoms with Gasteiger partial charge in [0.1, 0.15) is 0 Å². The van der Waals surface area contributed by atoms with Gasteiger partial charge in [-0.3, -0.25) is 14.4 Å². The number of hydrogen-bond donors (Lipinski definition) is 1. The third-order valence-electron chi connectivity index (χ3n) is 3.27. The maximum Gasteiger partial charge on any atom is 0.307 e. The number of ketones is 1. The van der Waals surface area contributed by atoms with Gasteiger partial charge in [0.15, 0.2) is 11.9 Å². The Morgan fingerprint density at radius 2 is 1.85 bits per heavy atom. The number of esters is 1. The summed E-state index contributed by atoms with van der Waals surface area (Å²) in [6, 6.07) is 7.83. The van der Waals surface area contributed by atoms with E-state index in [2.05, 4.69) is 5.32 Å². The summed E-state index contributed by atoms with van der Waals surface area (Å²) < 4.78 is 5.54. The van der Waals surface area contributed by atoms with Crippen molar-refractivity contribution in [1.29, 1.82) is 0 Å². The van der Waals surface area contributed by atoms with Crippen LogP contribution in [0.4, 0.5) is 5.69 Å². The van der Waals surface area contributed by atoms with Gasteiger partial charge in [-0.2, -0.15) is 0 Å². The molecule has 0 fully saturated rings. The summed E-state index contributed by atoms with van der Waals surface area (Å²) in [5.74, 6) is -1.42. The number of benzene rings is 1. The van der Waals surface area contributed by atoms with Crippen molar-refractivity contribution >= 4 is 69.5 Å². The average Bonchev–Trinajstić information content (AvgIpc) is 3.02. The van der Waals surface area contributed by atoms with Crippen LogP contribution in [0.2, 0.25) is 14.4 Å². The Kier molecular flexibility index (Phi) is 7.46. The number of rotatable bonds is 7. The predicted molar refractivity (Wildman–Crippen MR) is 104 cm³/mol. The quantitative estimate of drug-likeness (QED) is 0.477. The van der Waals surface area contributed by atoms with E-state index in [9.17, 15) is 14.4 Å². The Morgan fingerprint density at radius 3 is 2.50 bits per heavy atom. The van der Waals surface area contributed by atoms with Crippen molar-refractivity contribution in [3.05, 3.63) is 49.6 Å². The largest absolute Gasteiger partial charge is 0.453 e. The second kappa shape index (κ2) is 9.37. The number of halogens is 3. The van der Waals surface area contributed by atoms with Crippen molar-refractivity contribution in [3.8, 4) is 0 Å². The lowest BCUT2D eigenvalue weighted by Gasteiger charge is -2.14. The normalized spacial score (nSPS) is 11.7. The van der Waals surface area contributed by atoms with Gasteiger partial charge in [0.25, 0.3) is 5.91 Å². The molecule has 9 heteroatoms. The van der Waals surface area contributed by atoms with E-state index in [0.717, 1.165) is 11.3 Å². The molecule has 0 saturated heterocycles. The predicted octanol–water partition coefficient (Wildman–Crippen LogP) is 5.24. The van der Waals surface area contributed by atoms with Crippen LogP contribution in [-0.4, -0.2) is 23.8 Å². The molecule has 0 bridgehead atoms. The smallest absolute Gasteiger partial charge is 0.307 e. The number of carbonyl (C=O) groups is 3. The SMILES string of the molecule is CC(OC(=O)CCC(=O)c1ccc(Cl)s1)C(=O)Nc1cc(Cl)ccc1Cl. The first-order valence-electron chi connectivity index (χ1n) is 7.50. The number of ether oxygens (including phenoxy) is 1. The van der Waals surface area contributed by atoms with E-state index in [4.69, 9.17) is 39.5 Å². The minimum atomic E-state index is -1.05. The number of hydrogen-bond acceptors (Lipinski definition) is 5. The number of carbonyl (C=O) groups excluding carboxylic acids is 3. The molecule has 0 radical (unpaired) electrons. The lowest BCUT2D eigenvalue weighted by molar-refractivity contribution is -0.153. The molecule has 5 nitrogen and oxygen atoms in total. The summed E-state index contributed by atoms with van der Waals surface area (Å²) in [6.45, 7) is 1.42. The van der Waals surface area contributed by atoms with Crippen LogP contribution in [0.1, 0.15) is 29.4 Å². The molecule has 0 saturated carbocycles. The third-order valence-corrected chi connectivity index (χ3v) is 5.10.